The molecular formula is C15H19ClO2. The van der Waals surface area contributed by atoms with Gasteiger partial charge in [-0.25, -0.2) is 4.79 Å². The Bertz CT molecular complexity index is 477. The first-order valence-electron chi connectivity index (χ1n) is 6.75. The summed E-state index contributed by atoms with van der Waals surface area (Å²) in [4.78, 5) is 11.7. The van der Waals surface area contributed by atoms with Gasteiger partial charge in [-0.2, -0.15) is 0 Å². The molecule has 3 aliphatic rings. The van der Waals surface area contributed by atoms with E-state index < -0.39 is 0 Å². The SMILES string of the molecule is CC1=C2C(=CC3CCC[C@H](C)[C@@]3(C)C2Cl)OC1=O. The third kappa shape index (κ3) is 1.38. The van der Waals surface area contributed by atoms with Crippen LogP contribution in [0.1, 0.15) is 40.0 Å². The molecule has 0 bridgehead atoms. The predicted octanol–water partition coefficient (Wildman–Crippen LogP) is 3.81. The third-order valence-corrected chi connectivity index (χ3v) is 6.03. The number of esters is 1. The molecule has 0 saturated heterocycles. The lowest BCUT2D eigenvalue weighted by Crippen LogP contribution is -2.47. The highest BCUT2D eigenvalue weighted by atomic mass is 35.5. The topological polar surface area (TPSA) is 26.3 Å². The van der Waals surface area contributed by atoms with E-state index in [1.54, 1.807) is 0 Å². The molecular weight excluding hydrogens is 248 g/mol. The van der Waals surface area contributed by atoms with Crippen molar-refractivity contribution in [3.05, 3.63) is 23.0 Å². The van der Waals surface area contributed by atoms with Crippen molar-refractivity contribution in [3.63, 3.8) is 0 Å². The van der Waals surface area contributed by atoms with E-state index in [2.05, 4.69) is 19.9 Å². The molecule has 18 heavy (non-hydrogen) atoms. The van der Waals surface area contributed by atoms with Gasteiger partial charge in [0.05, 0.1) is 5.38 Å². The maximum Gasteiger partial charge on any atom is 0.339 e. The number of ether oxygens (including phenoxy) is 1. The van der Waals surface area contributed by atoms with Crippen LogP contribution >= 0.6 is 11.6 Å². The minimum absolute atomic E-state index is 0.0495. The highest BCUT2D eigenvalue weighted by Gasteiger charge is 2.53. The Morgan fingerprint density at radius 3 is 2.89 bits per heavy atom. The molecule has 1 aliphatic heterocycles. The highest BCUT2D eigenvalue weighted by Crippen LogP contribution is 2.57. The van der Waals surface area contributed by atoms with Crippen molar-refractivity contribution < 1.29 is 9.53 Å². The van der Waals surface area contributed by atoms with Crippen LogP contribution in [0.25, 0.3) is 0 Å². The summed E-state index contributed by atoms with van der Waals surface area (Å²) in [6.45, 7) is 6.38. The van der Waals surface area contributed by atoms with Crippen LogP contribution in [-0.2, 0) is 9.53 Å². The van der Waals surface area contributed by atoms with Gasteiger partial charge < -0.3 is 4.74 Å². The van der Waals surface area contributed by atoms with Gasteiger partial charge >= 0.3 is 5.97 Å². The van der Waals surface area contributed by atoms with Crippen LogP contribution in [0.5, 0.6) is 0 Å². The Morgan fingerprint density at radius 2 is 2.17 bits per heavy atom. The largest absolute Gasteiger partial charge is 0.423 e. The lowest BCUT2D eigenvalue weighted by Gasteiger charge is -2.50. The number of carbonyl (C=O) groups is 1. The summed E-state index contributed by atoms with van der Waals surface area (Å²) < 4.78 is 5.34. The average molecular weight is 267 g/mol. The summed E-state index contributed by atoms with van der Waals surface area (Å²) >= 11 is 6.76. The van der Waals surface area contributed by atoms with Crippen molar-refractivity contribution in [3.8, 4) is 0 Å². The minimum atomic E-state index is -0.225. The van der Waals surface area contributed by atoms with E-state index in [0.29, 0.717) is 17.4 Å². The van der Waals surface area contributed by atoms with Crippen LogP contribution in [0.3, 0.4) is 0 Å². The van der Waals surface area contributed by atoms with Crippen molar-refractivity contribution in [2.24, 2.45) is 17.3 Å². The second kappa shape index (κ2) is 3.86. The fourth-order valence-electron chi connectivity index (χ4n) is 3.79. The fraction of sp³-hybridized carbons (Fsp3) is 0.667. The molecule has 0 N–H and O–H groups in total. The van der Waals surface area contributed by atoms with E-state index in [1.807, 2.05) is 6.92 Å². The summed E-state index contributed by atoms with van der Waals surface area (Å²) in [7, 11) is 0. The van der Waals surface area contributed by atoms with E-state index in [0.717, 1.165) is 17.8 Å². The molecule has 98 valence electrons. The maximum absolute atomic E-state index is 11.7. The molecule has 1 saturated carbocycles. The smallest absolute Gasteiger partial charge is 0.339 e. The monoisotopic (exact) mass is 266 g/mol. The molecule has 4 atom stereocenters. The van der Waals surface area contributed by atoms with Crippen LogP contribution in [0, 0.1) is 17.3 Å². The van der Waals surface area contributed by atoms with E-state index in [4.69, 9.17) is 16.3 Å². The van der Waals surface area contributed by atoms with Crippen LogP contribution in [-0.4, -0.2) is 11.3 Å². The van der Waals surface area contributed by atoms with Crippen molar-refractivity contribution in [1.29, 1.82) is 0 Å². The molecule has 2 nitrogen and oxygen atoms in total. The Kier molecular flexibility index (Phi) is 2.64. The molecule has 0 amide bonds. The molecule has 1 heterocycles. The number of rotatable bonds is 0. The zero-order chi connectivity index (χ0) is 13.1. The Hall–Kier alpha value is -0.760. The second-order valence-corrected chi connectivity index (χ2v) is 6.56. The van der Waals surface area contributed by atoms with Crippen LogP contribution in [0.15, 0.2) is 23.0 Å². The molecule has 3 heteroatoms. The van der Waals surface area contributed by atoms with E-state index in [1.165, 1.54) is 12.8 Å². The van der Waals surface area contributed by atoms with Crippen molar-refractivity contribution >= 4 is 17.6 Å². The van der Waals surface area contributed by atoms with Crippen molar-refractivity contribution in [2.75, 3.05) is 0 Å². The summed E-state index contributed by atoms with van der Waals surface area (Å²) in [6.07, 6.45) is 5.76. The summed E-state index contributed by atoms with van der Waals surface area (Å²) in [5, 5.41) is -0.107. The molecule has 2 unspecified atom stereocenters. The Labute approximate surface area is 113 Å². The Balaban J connectivity index is 2.14. The molecule has 1 fully saturated rings. The van der Waals surface area contributed by atoms with Gasteiger partial charge in [0.25, 0.3) is 0 Å². The van der Waals surface area contributed by atoms with E-state index in [-0.39, 0.29) is 16.8 Å². The number of halogens is 1. The summed E-state index contributed by atoms with van der Waals surface area (Å²) in [5.74, 6) is 1.51. The number of hydrogen-bond donors (Lipinski definition) is 0. The number of allylic oxidation sites excluding steroid dienone is 2. The minimum Gasteiger partial charge on any atom is -0.423 e. The van der Waals surface area contributed by atoms with Crippen LogP contribution in [0.4, 0.5) is 0 Å². The normalized spacial score (nSPS) is 43.2. The zero-order valence-corrected chi connectivity index (χ0v) is 11.9. The van der Waals surface area contributed by atoms with Gasteiger partial charge in [-0.3, -0.25) is 0 Å². The van der Waals surface area contributed by atoms with Crippen LogP contribution < -0.4 is 0 Å². The first kappa shape index (κ1) is 12.3. The first-order valence-corrected chi connectivity index (χ1v) is 7.19. The average Bonchev–Trinajstić information content (AvgIpc) is 2.60. The van der Waals surface area contributed by atoms with Gasteiger partial charge in [-0.05, 0) is 36.7 Å². The van der Waals surface area contributed by atoms with Gasteiger partial charge in [0.1, 0.15) is 5.76 Å². The molecule has 0 aromatic carbocycles. The first-order chi connectivity index (χ1) is 8.46. The molecule has 0 aromatic heterocycles. The van der Waals surface area contributed by atoms with Gasteiger partial charge in [0.15, 0.2) is 0 Å². The molecule has 2 aliphatic carbocycles. The maximum atomic E-state index is 11.7. The molecule has 3 rings (SSSR count). The molecule has 0 spiro atoms. The van der Waals surface area contributed by atoms with Crippen molar-refractivity contribution in [1.82, 2.24) is 0 Å². The fourth-order valence-corrected chi connectivity index (χ4v) is 4.44. The number of alkyl halides is 1. The van der Waals surface area contributed by atoms with Gasteiger partial charge in [0.2, 0.25) is 0 Å². The third-order valence-electron chi connectivity index (χ3n) is 5.34. The van der Waals surface area contributed by atoms with E-state index >= 15 is 0 Å². The number of carbonyl (C=O) groups excluding carboxylic acids is 1. The van der Waals surface area contributed by atoms with Gasteiger partial charge in [-0.1, -0.05) is 26.7 Å². The van der Waals surface area contributed by atoms with Crippen LogP contribution in [0.2, 0.25) is 0 Å². The number of hydrogen-bond acceptors (Lipinski definition) is 2. The highest BCUT2D eigenvalue weighted by molar-refractivity contribution is 6.24. The number of fused-ring (bicyclic) bond motifs is 2. The second-order valence-electron chi connectivity index (χ2n) is 6.13. The standard InChI is InChI=1S/C15H19ClO2/c1-8-5-4-6-10-7-11-12(9(2)14(17)18-11)13(16)15(8,10)3/h7-8,10,13H,4-6H2,1-3H3/t8-,10?,13?,15+/m0/s1. The van der Waals surface area contributed by atoms with E-state index in [9.17, 15) is 4.79 Å². The van der Waals surface area contributed by atoms with Gasteiger partial charge in [0, 0.05) is 11.1 Å². The summed E-state index contributed by atoms with van der Waals surface area (Å²) in [5.41, 5.74) is 1.68. The Morgan fingerprint density at radius 1 is 1.44 bits per heavy atom. The predicted molar refractivity (Wildman–Crippen MR) is 71.1 cm³/mol. The van der Waals surface area contributed by atoms with Gasteiger partial charge in [-0.15, -0.1) is 11.6 Å². The summed E-state index contributed by atoms with van der Waals surface area (Å²) in [6, 6.07) is 0. The molecule has 0 aromatic rings. The molecule has 0 radical (unpaired) electrons. The lowest BCUT2D eigenvalue weighted by molar-refractivity contribution is -0.133. The lowest BCUT2D eigenvalue weighted by atomic mass is 9.56. The quantitative estimate of drug-likeness (QED) is 0.492. The zero-order valence-electron chi connectivity index (χ0n) is 11.1. The van der Waals surface area contributed by atoms with Crippen molar-refractivity contribution in [2.45, 2.75) is 45.4 Å².